The second-order valence-corrected chi connectivity index (χ2v) is 9.64. The van der Waals surface area contributed by atoms with Crippen molar-refractivity contribution in [3.63, 3.8) is 0 Å². The number of nitrogens with zero attached hydrogens (tertiary/aromatic N) is 2. The number of methoxy groups -OCH3 is 1. The minimum absolute atomic E-state index is 0.154. The highest BCUT2D eigenvalue weighted by Gasteiger charge is 2.46. The molecule has 1 aliphatic heterocycles. The summed E-state index contributed by atoms with van der Waals surface area (Å²) in [7, 11) is 1.46. The number of alkyl halides is 6. The van der Waals surface area contributed by atoms with Gasteiger partial charge in [-0.15, -0.1) is 0 Å². The lowest BCUT2D eigenvalue weighted by Gasteiger charge is -2.31. The number of anilines is 1. The van der Waals surface area contributed by atoms with Crippen LogP contribution in [0.1, 0.15) is 46.5 Å². The number of likely N-dealkylation sites (N-methyl/N-ethyl adjacent to an activating group) is 1. The van der Waals surface area contributed by atoms with Gasteiger partial charge in [-0.3, -0.25) is 4.79 Å². The second kappa shape index (κ2) is 11.3. The number of amides is 1. The Kier molecular flexibility index (Phi) is 8.19. The zero-order chi connectivity index (χ0) is 30.0. The SMILES string of the molecule is CCN1/C(=C\C=N\NC(=O)c2ccccc2)C(C)(Cc2ccc(C(F)(F)F)cc2C(F)(F)F)c2cc(OC)ccc21. The molecule has 0 fully saturated rings. The Hall–Kier alpha value is -4.28. The van der Waals surface area contributed by atoms with Crippen molar-refractivity contribution in [1.29, 1.82) is 0 Å². The van der Waals surface area contributed by atoms with Crippen molar-refractivity contribution >= 4 is 17.8 Å². The van der Waals surface area contributed by atoms with Gasteiger partial charge in [0.15, 0.2) is 0 Å². The van der Waals surface area contributed by atoms with Crippen molar-refractivity contribution in [3.05, 3.63) is 106 Å². The normalized spacial score (nSPS) is 18.2. The van der Waals surface area contributed by atoms with Crippen molar-refractivity contribution in [2.45, 2.75) is 38.0 Å². The monoisotopic (exact) mass is 575 g/mol. The number of hydrazone groups is 1. The van der Waals surface area contributed by atoms with E-state index < -0.39 is 34.8 Å². The number of ether oxygens (including phenoxy) is 1. The first-order chi connectivity index (χ1) is 19.3. The summed E-state index contributed by atoms with van der Waals surface area (Å²) in [6, 6.07) is 15.3. The van der Waals surface area contributed by atoms with E-state index in [-0.39, 0.29) is 18.1 Å². The van der Waals surface area contributed by atoms with Crippen molar-refractivity contribution in [2.24, 2.45) is 5.10 Å². The summed E-state index contributed by atoms with van der Waals surface area (Å²) in [6.45, 7) is 4.02. The van der Waals surface area contributed by atoms with E-state index >= 15 is 0 Å². The van der Waals surface area contributed by atoms with Gasteiger partial charge >= 0.3 is 12.4 Å². The molecule has 1 heterocycles. The fourth-order valence-electron chi connectivity index (χ4n) is 5.09. The molecule has 1 amide bonds. The van der Waals surface area contributed by atoms with Crippen molar-refractivity contribution in [1.82, 2.24) is 5.43 Å². The molecule has 3 aromatic rings. The number of hydrogen-bond acceptors (Lipinski definition) is 4. The maximum Gasteiger partial charge on any atom is 0.416 e. The number of carbonyl (C=O) groups excluding carboxylic acids is 1. The Bertz CT molecular complexity index is 1480. The number of allylic oxidation sites excluding steroid dienone is 2. The lowest BCUT2D eigenvalue weighted by atomic mass is 9.75. The van der Waals surface area contributed by atoms with Crippen LogP contribution in [0, 0.1) is 0 Å². The summed E-state index contributed by atoms with van der Waals surface area (Å²) in [5, 5.41) is 3.99. The third kappa shape index (κ3) is 6.08. The first-order valence-corrected chi connectivity index (χ1v) is 12.6. The Morgan fingerprint density at radius 1 is 1.00 bits per heavy atom. The predicted molar refractivity (Wildman–Crippen MR) is 144 cm³/mol. The molecule has 0 saturated heterocycles. The number of fused-ring (bicyclic) bond motifs is 1. The van der Waals surface area contributed by atoms with Gasteiger partial charge in [0.25, 0.3) is 5.91 Å². The predicted octanol–water partition coefficient (Wildman–Crippen LogP) is 7.37. The minimum atomic E-state index is -5.01. The van der Waals surface area contributed by atoms with Gasteiger partial charge in [0.1, 0.15) is 5.75 Å². The van der Waals surface area contributed by atoms with Crippen LogP contribution in [0.4, 0.5) is 32.0 Å². The topological polar surface area (TPSA) is 53.9 Å². The minimum Gasteiger partial charge on any atom is -0.497 e. The van der Waals surface area contributed by atoms with E-state index in [9.17, 15) is 31.1 Å². The summed E-state index contributed by atoms with van der Waals surface area (Å²) in [5.74, 6) is 0.0221. The molecule has 0 aromatic heterocycles. The maximum absolute atomic E-state index is 14.1. The average Bonchev–Trinajstić information content (AvgIpc) is 3.16. The van der Waals surface area contributed by atoms with Crippen molar-refractivity contribution in [3.8, 4) is 5.75 Å². The van der Waals surface area contributed by atoms with Crippen LogP contribution in [0.2, 0.25) is 0 Å². The number of hydrogen-bond donors (Lipinski definition) is 1. The standard InChI is InChI=1S/C30H27F6N3O2/c1-4-39-25-13-12-22(41-3)17-24(25)28(2,26(39)14-15-37-38-27(40)19-8-6-5-7-9-19)18-20-10-11-21(29(31,32)33)16-23(20)30(34,35)36/h5-17H,4,18H2,1-3H3,(H,38,40)/b26-14-,37-15+. The molecule has 41 heavy (non-hydrogen) atoms. The first-order valence-electron chi connectivity index (χ1n) is 12.6. The summed E-state index contributed by atoms with van der Waals surface area (Å²) >= 11 is 0. The molecular formula is C30H27F6N3O2. The van der Waals surface area contributed by atoms with E-state index in [0.29, 0.717) is 40.9 Å². The van der Waals surface area contributed by atoms with Crippen LogP contribution in [0.25, 0.3) is 0 Å². The third-order valence-electron chi connectivity index (χ3n) is 7.06. The summed E-state index contributed by atoms with van der Waals surface area (Å²) in [4.78, 5) is 14.2. The fourth-order valence-corrected chi connectivity index (χ4v) is 5.09. The molecule has 1 unspecified atom stereocenters. The van der Waals surface area contributed by atoms with E-state index in [1.54, 1.807) is 61.5 Å². The largest absolute Gasteiger partial charge is 0.497 e. The Balaban J connectivity index is 1.79. The molecule has 4 rings (SSSR count). The summed E-state index contributed by atoms with van der Waals surface area (Å²) in [6.07, 6.45) is -7.30. The zero-order valence-electron chi connectivity index (χ0n) is 22.4. The van der Waals surface area contributed by atoms with Crippen LogP contribution in [-0.4, -0.2) is 25.8 Å². The number of rotatable bonds is 7. The molecule has 0 aliphatic carbocycles. The lowest BCUT2D eigenvalue weighted by molar-refractivity contribution is -0.143. The zero-order valence-corrected chi connectivity index (χ0v) is 22.4. The Morgan fingerprint density at radius 3 is 2.32 bits per heavy atom. The Labute approximate surface area is 233 Å². The Morgan fingerprint density at radius 2 is 1.71 bits per heavy atom. The molecule has 1 atom stereocenters. The highest BCUT2D eigenvalue weighted by Crippen LogP contribution is 2.51. The number of benzene rings is 3. The van der Waals surface area contributed by atoms with Gasteiger partial charge in [0.05, 0.1) is 18.2 Å². The number of halogens is 6. The summed E-state index contributed by atoms with van der Waals surface area (Å²) < 4.78 is 87.5. The lowest BCUT2D eigenvalue weighted by Crippen LogP contribution is -2.31. The van der Waals surface area contributed by atoms with E-state index in [1.165, 1.54) is 13.3 Å². The smallest absolute Gasteiger partial charge is 0.416 e. The molecule has 0 spiro atoms. The highest BCUT2D eigenvalue weighted by atomic mass is 19.4. The van der Waals surface area contributed by atoms with Gasteiger partial charge in [-0.25, -0.2) is 5.43 Å². The molecule has 216 valence electrons. The molecule has 0 bridgehead atoms. The van der Waals surface area contributed by atoms with E-state index in [1.807, 2.05) is 11.8 Å². The van der Waals surface area contributed by atoms with Crippen LogP contribution in [0.5, 0.6) is 5.75 Å². The van der Waals surface area contributed by atoms with Gasteiger partial charge in [0, 0.05) is 35.1 Å². The maximum atomic E-state index is 14.1. The van der Waals surface area contributed by atoms with Crippen LogP contribution in [0.15, 0.2) is 83.6 Å². The van der Waals surface area contributed by atoms with Gasteiger partial charge < -0.3 is 9.64 Å². The average molecular weight is 576 g/mol. The quantitative estimate of drug-likeness (QED) is 0.182. The van der Waals surface area contributed by atoms with Crippen LogP contribution >= 0.6 is 0 Å². The second-order valence-electron chi connectivity index (χ2n) is 9.64. The van der Waals surface area contributed by atoms with Crippen LogP contribution in [0.3, 0.4) is 0 Å². The molecule has 0 radical (unpaired) electrons. The highest BCUT2D eigenvalue weighted by molar-refractivity contribution is 5.94. The molecule has 1 N–H and O–H groups in total. The van der Waals surface area contributed by atoms with Gasteiger partial charge in [-0.2, -0.15) is 31.4 Å². The van der Waals surface area contributed by atoms with E-state index in [2.05, 4.69) is 10.5 Å². The molecule has 0 saturated carbocycles. The van der Waals surface area contributed by atoms with Crippen molar-refractivity contribution < 1.29 is 35.9 Å². The van der Waals surface area contributed by atoms with Crippen LogP contribution < -0.4 is 15.1 Å². The molecule has 5 nitrogen and oxygen atoms in total. The number of nitrogens with one attached hydrogen (secondary N) is 1. The molecular weight excluding hydrogens is 548 g/mol. The third-order valence-corrected chi connectivity index (χ3v) is 7.06. The molecule has 3 aromatic carbocycles. The van der Waals surface area contributed by atoms with E-state index in [4.69, 9.17) is 4.74 Å². The number of carbonyl (C=O) groups is 1. The van der Waals surface area contributed by atoms with Crippen LogP contribution in [-0.2, 0) is 24.2 Å². The first kappa shape index (κ1) is 29.7. The summed E-state index contributed by atoms with van der Waals surface area (Å²) in [5.41, 5.74) is 0.555. The van der Waals surface area contributed by atoms with Gasteiger partial charge in [-0.1, -0.05) is 24.3 Å². The van der Waals surface area contributed by atoms with Gasteiger partial charge in [-0.05, 0) is 79.9 Å². The molecule has 11 heteroatoms. The fraction of sp³-hybridized carbons (Fsp3) is 0.267. The molecule has 1 aliphatic rings. The van der Waals surface area contributed by atoms with Gasteiger partial charge in [0.2, 0.25) is 0 Å². The van der Waals surface area contributed by atoms with Crippen molar-refractivity contribution in [2.75, 3.05) is 18.6 Å². The van der Waals surface area contributed by atoms with E-state index in [0.717, 1.165) is 6.07 Å².